The van der Waals surface area contributed by atoms with Crippen molar-refractivity contribution in [2.24, 2.45) is 5.73 Å². The summed E-state index contributed by atoms with van der Waals surface area (Å²) in [5.41, 5.74) is 7.13. The number of nitrogens with two attached hydrogens (primary N) is 1. The summed E-state index contributed by atoms with van der Waals surface area (Å²) in [6, 6.07) is 12.9. The molecule has 0 aromatic heterocycles. The number of hydrogen-bond donors (Lipinski definition) is 1. The number of rotatable bonds is 18. The normalized spacial score (nSPS) is 14.0. The van der Waals surface area contributed by atoms with Crippen molar-refractivity contribution >= 4 is 23.4 Å². The van der Waals surface area contributed by atoms with E-state index in [2.05, 4.69) is 6.92 Å². The van der Waals surface area contributed by atoms with Gasteiger partial charge in [0, 0.05) is 0 Å². The molecule has 2 aromatic carbocycles. The highest BCUT2D eigenvalue weighted by Crippen LogP contribution is 2.30. The minimum Gasteiger partial charge on any atom is -0.462 e. The van der Waals surface area contributed by atoms with Crippen molar-refractivity contribution in [1.82, 2.24) is 0 Å². The van der Waals surface area contributed by atoms with Gasteiger partial charge in [-0.05, 0) is 36.2 Å². The van der Waals surface area contributed by atoms with Gasteiger partial charge in [0.15, 0.2) is 0 Å². The zero-order chi connectivity index (χ0) is 28.6. The molecule has 0 amide bonds. The van der Waals surface area contributed by atoms with Gasteiger partial charge in [-0.3, -0.25) is 4.79 Å². The second-order valence-electron chi connectivity index (χ2n) is 10.7. The quantitative estimate of drug-likeness (QED) is 0.0664. The van der Waals surface area contributed by atoms with E-state index in [0.717, 1.165) is 12.8 Å². The first kappa shape index (κ1) is 31.1. The minimum atomic E-state index is -0.784. The molecule has 216 valence electrons. The molecule has 1 aliphatic heterocycles. The van der Waals surface area contributed by atoms with Gasteiger partial charge in [0.05, 0.1) is 23.4 Å². The van der Waals surface area contributed by atoms with Crippen LogP contribution in [0, 0.1) is 0 Å². The zero-order valence-corrected chi connectivity index (χ0v) is 24.1. The predicted molar refractivity (Wildman–Crippen MR) is 159 cm³/mol. The maximum Gasteiger partial charge on any atom is 0.349 e. The SMILES string of the molecule is CCCCCCCCCCCCCCCCCOC(=O)c1ccc(/C(N)=C2/C(=O)Oc3ccccc3C2=O)cc1. The summed E-state index contributed by atoms with van der Waals surface area (Å²) in [5.74, 6) is -1.43. The summed E-state index contributed by atoms with van der Waals surface area (Å²) in [4.78, 5) is 37.7. The number of carbonyl (C=O) groups is 3. The number of hydrogen-bond acceptors (Lipinski definition) is 6. The van der Waals surface area contributed by atoms with Crippen molar-refractivity contribution in [2.75, 3.05) is 6.61 Å². The number of unbranched alkanes of at least 4 members (excludes halogenated alkanes) is 14. The first-order valence-electron chi connectivity index (χ1n) is 15.2. The molecule has 6 nitrogen and oxygen atoms in total. The number of para-hydroxylation sites is 1. The summed E-state index contributed by atoms with van der Waals surface area (Å²) >= 11 is 0. The Kier molecular flexibility index (Phi) is 13.5. The van der Waals surface area contributed by atoms with Gasteiger partial charge in [0.2, 0.25) is 5.78 Å². The number of ketones is 1. The van der Waals surface area contributed by atoms with Gasteiger partial charge in [-0.1, -0.05) is 121 Å². The van der Waals surface area contributed by atoms with Crippen molar-refractivity contribution in [1.29, 1.82) is 0 Å². The van der Waals surface area contributed by atoms with E-state index in [1.165, 1.54) is 83.5 Å². The van der Waals surface area contributed by atoms with E-state index in [1.807, 2.05) is 0 Å². The summed E-state index contributed by atoms with van der Waals surface area (Å²) in [7, 11) is 0. The smallest absolute Gasteiger partial charge is 0.349 e. The van der Waals surface area contributed by atoms with Crippen LogP contribution in [0.5, 0.6) is 5.75 Å². The van der Waals surface area contributed by atoms with E-state index in [1.54, 1.807) is 48.5 Å². The maximum atomic E-state index is 12.8. The molecule has 0 bridgehead atoms. The van der Waals surface area contributed by atoms with Gasteiger partial charge in [-0.15, -0.1) is 0 Å². The summed E-state index contributed by atoms with van der Waals surface area (Å²) in [6.07, 6.45) is 19.3. The van der Waals surface area contributed by atoms with Crippen molar-refractivity contribution in [3.05, 3.63) is 70.8 Å². The summed E-state index contributed by atoms with van der Waals surface area (Å²) < 4.78 is 10.7. The van der Waals surface area contributed by atoms with Crippen molar-refractivity contribution in [2.45, 2.75) is 103 Å². The highest BCUT2D eigenvalue weighted by Gasteiger charge is 2.33. The highest BCUT2D eigenvalue weighted by molar-refractivity contribution is 6.31. The van der Waals surface area contributed by atoms with Gasteiger partial charge >= 0.3 is 11.9 Å². The molecule has 0 spiro atoms. The molecule has 0 fully saturated rings. The number of ether oxygens (including phenoxy) is 2. The van der Waals surface area contributed by atoms with Crippen LogP contribution in [0.4, 0.5) is 0 Å². The Morgan fingerprint density at radius 1 is 0.700 bits per heavy atom. The molecule has 0 saturated heterocycles. The van der Waals surface area contributed by atoms with E-state index in [4.69, 9.17) is 15.2 Å². The van der Waals surface area contributed by atoms with E-state index in [0.29, 0.717) is 23.3 Å². The lowest BCUT2D eigenvalue weighted by atomic mass is 9.95. The zero-order valence-electron chi connectivity index (χ0n) is 24.1. The van der Waals surface area contributed by atoms with Crippen LogP contribution >= 0.6 is 0 Å². The molecule has 1 aliphatic rings. The molecule has 0 saturated carbocycles. The molecule has 6 heteroatoms. The number of fused-ring (bicyclic) bond motifs is 1. The molecular formula is C34H45NO5. The molecule has 40 heavy (non-hydrogen) atoms. The fraction of sp³-hybridized carbons (Fsp3) is 0.500. The fourth-order valence-corrected chi connectivity index (χ4v) is 5.01. The molecule has 2 N–H and O–H groups in total. The average Bonchev–Trinajstić information content (AvgIpc) is 2.97. The Morgan fingerprint density at radius 2 is 1.20 bits per heavy atom. The van der Waals surface area contributed by atoms with Crippen LogP contribution in [-0.4, -0.2) is 24.3 Å². The number of Topliss-reactive ketones (excluding diaryl/α,β-unsaturated/α-hetero) is 1. The lowest BCUT2D eigenvalue weighted by molar-refractivity contribution is -0.130. The Morgan fingerprint density at radius 3 is 1.77 bits per heavy atom. The van der Waals surface area contributed by atoms with E-state index in [-0.39, 0.29) is 17.0 Å². The first-order chi connectivity index (χ1) is 19.5. The Labute approximate surface area is 239 Å². The summed E-state index contributed by atoms with van der Waals surface area (Å²) in [5, 5.41) is 0. The van der Waals surface area contributed by atoms with Crippen molar-refractivity contribution in [3.8, 4) is 5.75 Å². The van der Waals surface area contributed by atoms with Gasteiger partial charge in [0.25, 0.3) is 0 Å². The number of esters is 2. The molecule has 0 atom stereocenters. The lowest BCUT2D eigenvalue weighted by Gasteiger charge is -2.18. The molecular weight excluding hydrogens is 502 g/mol. The lowest BCUT2D eigenvalue weighted by Crippen LogP contribution is -2.28. The summed E-state index contributed by atoms with van der Waals surface area (Å²) in [6.45, 7) is 2.66. The van der Waals surface area contributed by atoms with Crippen LogP contribution in [0.25, 0.3) is 5.70 Å². The predicted octanol–water partition coefficient (Wildman–Crippen LogP) is 8.19. The third kappa shape index (κ3) is 9.65. The molecule has 1 heterocycles. The fourth-order valence-electron chi connectivity index (χ4n) is 5.01. The third-order valence-corrected chi connectivity index (χ3v) is 7.45. The van der Waals surface area contributed by atoms with E-state index < -0.39 is 17.7 Å². The van der Waals surface area contributed by atoms with Gasteiger partial charge in [-0.25, -0.2) is 9.59 Å². The first-order valence-corrected chi connectivity index (χ1v) is 15.2. The topological polar surface area (TPSA) is 95.7 Å². The number of benzene rings is 2. The minimum absolute atomic E-state index is 0.0159. The van der Waals surface area contributed by atoms with Crippen LogP contribution < -0.4 is 10.5 Å². The van der Waals surface area contributed by atoms with Crippen molar-refractivity contribution in [3.63, 3.8) is 0 Å². The standard InChI is InChI=1S/C34H45NO5/c1-2-3-4-5-6-7-8-9-10-11-12-13-14-15-18-25-39-33(37)27-23-21-26(22-24-27)31(35)30-32(36)28-19-16-17-20-29(28)40-34(30)38/h16-17,19-24H,2-15,18,25,35H2,1H3/b31-30-. The number of carbonyl (C=O) groups excluding carboxylic acids is 3. The Bertz CT molecular complexity index is 1140. The molecule has 0 radical (unpaired) electrons. The van der Waals surface area contributed by atoms with Crippen LogP contribution in [0.2, 0.25) is 0 Å². The van der Waals surface area contributed by atoms with Gasteiger partial charge < -0.3 is 15.2 Å². The highest BCUT2D eigenvalue weighted by atomic mass is 16.5. The molecule has 3 rings (SSSR count). The van der Waals surface area contributed by atoms with Crippen molar-refractivity contribution < 1.29 is 23.9 Å². The maximum absolute atomic E-state index is 12.8. The van der Waals surface area contributed by atoms with Crippen LogP contribution in [0.15, 0.2) is 54.1 Å². The third-order valence-electron chi connectivity index (χ3n) is 7.45. The van der Waals surface area contributed by atoms with E-state index >= 15 is 0 Å². The average molecular weight is 548 g/mol. The monoisotopic (exact) mass is 547 g/mol. The van der Waals surface area contributed by atoms with Crippen LogP contribution in [-0.2, 0) is 9.53 Å². The molecule has 0 aliphatic carbocycles. The van der Waals surface area contributed by atoms with Gasteiger partial charge in [-0.2, -0.15) is 0 Å². The van der Waals surface area contributed by atoms with E-state index in [9.17, 15) is 14.4 Å². The Balaban J connectivity index is 1.29. The largest absolute Gasteiger partial charge is 0.462 e. The van der Waals surface area contributed by atoms with Gasteiger partial charge in [0.1, 0.15) is 11.3 Å². The Hall–Kier alpha value is -3.41. The second kappa shape index (κ2) is 17.3. The second-order valence-corrected chi connectivity index (χ2v) is 10.7. The van der Waals surface area contributed by atoms with Crippen LogP contribution in [0.1, 0.15) is 130 Å². The molecule has 0 unspecified atom stereocenters. The van der Waals surface area contributed by atoms with Crippen LogP contribution in [0.3, 0.4) is 0 Å². The molecule has 2 aromatic rings.